The van der Waals surface area contributed by atoms with E-state index in [4.69, 9.17) is 4.74 Å². The van der Waals surface area contributed by atoms with Gasteiger partial charge in [0.25, 0.3) is 0 Å². The van der Waals surface area contributed by atoms with Crippen LogP contribution in [0.5, 0.6) is 5.75 Å². The highest BCUT2D eigenvalue weighted by atomic mass is 19.1. The number of hydrogen-bond donors (Lipinski definition) is 2. The van der Waals surface area contributed by atoms with Gasteiger partial charge in [-0.25, -0.2) is 9.37 Å². The van der Waals surface area contributed by atoms with Gasteiger partial charge in [0, 0.05) is 23.3 Å². The molecule has 3 aromatic rings. The molecule has 3 rings (SSSR count). The molecule has 0 bridgehead atoms. The Hall–Kier alpha value is -2.56. The molecule has 0 saturated heterocycles. The summed E-state index contributed by atoms with van der Waals surface area (Å²) in [7, 11) is 1.56. The van der Waals surface area contributed by atoms with E-state index in [1.807, 2.05) is 18.2 Å². The van der Waals surface area contributed by atoms with Gasteiger partial charge in [0.2, 0.25) is 0 Å². The molecule has 102 valence electrons. The maximum absolute atomic E-state index is 13.3. The topological polar surface area (TPSA) is 49.9 Å². The summed E-state index contributed by atoms with van der Waals surface area (Å²) >= 11 is 0. The Labute approximate surface area is 115 Å². The van der Waals surface area contributed by atoms with Crippen LogP contribution >= 0.6 is 0 Å². The van der Waals surface area contributed by atoms with Crippen LogP contribution in [-0.4, -0.2) is 17.1 Å². The molecule has 2 aromatic heterocycles. The van der Waals surface area contributed by atoms with Crippen molar-refractivity contribution in [3.05, 3.63) is 54.1 Å². The number of H-pyrrole nitrogens is 1. The van der Waals surface area contributed by atoms with E-state index < -0.39 is 0 Å². The highest BCUT2D eigenvalue weighted by molar-refractivity contribution is 5.76. The second-order valence-electron chi connectivity index (χ2n) is 4.43. The quantitative estimate of drug-likeness (QED) is 0.765. The van der Waals surface area contributed by atoms with Crippen LogP contribution in [0.1, 0.15) is 5.69 Å². The van der Waals surface area contributed by atoms with Crippen molar-refractivity contribution in [2.45, 2.75) is 6.54 Å². The molecule has 0 aliphatic rings. The molecule has 20 heavy (non-hydrogen) atoms. The van der Waals surface area contributed by atoms with Crippen molar-refractivity contribution in [3.8, 4) is 5.75 Å². The van der Waals surface area contributed by atoms with E-state index in [2.05, 4.69) is 15.3 Å². The number of nitrogens with one attached hydrogen (secondary N) is 2. The van der Waals surface area contributed by atoms with Gasteiger partial charge in [0.15, 0.2) is 0 Å². The molecule has 0 aliphatic heterocycles. The summed E-state index contributed by atoms with van der Waals surface area (Å²) < 4.78 is 18.5. The molecule has 0 atom stereocenters. The Morgan fingerprint density at radius 3 is 3.00 bits per heavy atom. The fourth-order valence-corrected chi connectivity index (χ4v) is 2.12. The Morgan fingerprint density at radius 2 is 2.20 bits per heavy atom. The second-order valence-corrected chi connectivity index (χ2v) is 4.43. The van der Waals surface area contributed by atoms with Gasteiger partial charge in [0.1, 0.15) is 17.2 Å². The zero-order chi connectivity index (χ0) is 13.9. The van der Waals surface area contributed by atoms with E-state index in [1.54, 1.807) is 19.4 Å². The number of hydrogen-bond acceptors (Lipinski definition) is 3. The molecule has 0 saturated carbocycles. The molecular formula is C15H14FN3O. The van der Waals surface area contributed by atoms with E-state index in [-0.39, 0.29) is 5.82 Å². The first-order valence-corrected chi connectivity index (χ1v) is 6.26. The Morgan fingerprint density at radius 1 is 1.30 bits per heavy atom. The zero-order valence-electron chi connectivity index (χ0n) is 11.0. The minimum Gasteiger partial charge on any atom is -0.495 e. The van der Waals surface area contributed by atoms with Gasteiger partial charge >= 0.3 is 0 Å². The monoisotopic (exact) mass is 271 g/mol. The Kier molecular flexibility index (Phi) is 3.25. The lowest BCUT2D eigenvalue weighted by Gasteiger charge is -2.10. The average molecular weight is 271 g/mol. The standard InChI is InChI=1S/C15H14FN3O/c1-20-14-5-4-11(16)8-13(14)18-9-12-7-10-3-2-6-17-15(10)19-12/h2-8,18H,9H2,1H3,(H,17,19). The highest BCUT2D eigenvalue weighted by Gasteiger charge is 2.06. The highest BCUT2D eigenvalue weighted by Crippen LogP contribution is 2.25. The molecule has 0 spiro atoms. The molecule has 0 amide bonds. The summed E-state index contributed by atoms with van der Waals surface area (Å²) in [6.07, 6.45) is 1.74. The summed E-state index contributed by atoms with van der Waals surface area (Å²) in [4.78, 5) is 7.45. The number of methoxy groups -OCH3 is 1. The number of nitrogens with zero attached hydrogens (tertiary/aromatic N) is 1. The van der Waals surface area contributed by atoms with Crippen molar-refractivity contribution >= 4 is 16.7 Å². The summed E-state index contributed by atoms with van der Waals surface area (Å²) in [5, 5.41) is 4.21. The minimum atomic E-state index is -0.299. The van der Waals surface area contributed by atoms with Gasteiger partial charge in [-0.1, -0.05) is 0 Å². The smallest absolute Gasteiger partial charge is 0.142 e. The van der Waals surface area contributed by atoms with E-state index in [9.17, 15) is 4.39 Å². The molecule has 5 heteroatoms. The first kappa shape index (κ1) is 12.5. The predicted octanol–water partition coefficient (Wildman–Crippen LogP) is 3.32. The van der Waals surface area contributed by atoms with E-state index in [1.165, 1.54) is 12.1 Å². The van der Waals surface area contributed by atoms with Crippen molar-refractivity contribution in [1.29, 1.82) is 0 Å². The lowest BCUT2D eigenvalue weighted by Crippen LogP contribution is -2.02. The summed E-state index contributed by atoms with van der Waals surface area (Å²) in [6.45, 7) is 0.538. The van der Waals surface area contributed by atoms with Gasteiger partial charge in [-0.05, 0) is 30.3 Å². The van der Waals surface area contributed by atoms with Gasteiger partial charge in [-0.3, -0.25) is 0 Å². The zero-order valence-corrected chi connectivity index (χ0v) is 11.0. The third-order valence-corrected chi connectivity index (χ3v) is 3.08. The van der Waals surface area contributed by atoms with Gasteiger partial charge in [-0.15, -0.1) is 0 Å². The molecular weight excluding hydrogens is 257 g/mol. The van der Waals surface area contributed by atoms with Crippen LogP contribution in [0.15, 0.2) is 42.6 Å². The normalized spacial score (nSPS) is 10.7. The first-order valence-electron chi connectivity index (χ1n) is 6.26. The molecule has 1 aromatic carbocycles. The number of fused-ring (bicyclic) bond motifs is 1. The number of aromatic amines is 1. The summed E-state index contributed by atoms with van der Waals surface area (Å²) in [6, 6.07) is 10.3. The number of rotatable bonds is 4. The number of aromatic nitrogens is 2. The second kappa shape index (κ2) is 5.21. The SMILES string of the molecule is COc1ccc(F)cc1NCc1cc2cccnc2[nH]1. The Balaban J connectivity index is 1.80. The van der Waals surface area contributed by atoms with Crippen LogP contribution in [0.4, 0.5) is 10.1 Å². The fourth-order valence-electron chi connectivity index (χ4n) is 2.12. The molecule has 0 unspecified atom stereocenters. The molecule has 0 radical (unpaired) electrons. The van der Waals surface area contributed by atoms with Gasteiger partial charge < -0.3 is 15.0 Å². The van der Waals surface area contributed by atoms with Crippen LogP contribution in [0.3, 0.4) is 0 Å². The molecule has 0 fully saturated rings. The number of ether oxygens (including phenoxy) is 1. The lowest BCUT2D eigenvalue weighted by atomic mass is 10.2. The summed E-state index contributed by atoms with van der Waals surface area (Å²) in [5.74, 6) is 0.312. The maximum atomic E-state index is 13.3. The number of halogens is 1. The maximum Gasteiger partial charge on any atom is 0.142 e. The molecule has 2 N–H and O–H groups in total. The Bertz CT molecular complexity index is 706. The van der Waals surface area contributed by atoms with Crippen molar-refractivity contribution in [1.82, 2.24) is 9.97 Å². The van der Waals surface area contributed by atoms with Crippen LogP contribution in [-0.2, 0) is 6.54 Å². The molecule has 0 aliphatic carbocycles. The largest absolute Gasteiger partial charge is 0.495 e. The first-order chi connectivity index (χ1) is 9.76. The van der Waals surface area contributed by atoms with E-state index >= 15 is 0 Å². The van der Waals surface area contributed by atoms with Crippen molar-refractivity contribution in [2.75, 3.05) is 12.4 Å². The van der Waals surface area contributed by atoms with Crippen molar-refractivity contribution in [2.24, 2.45) is 0 Å². The molecule has 4 nitrogen and oxygen atoms in total. The van der Waals surface area contributed by atoms with E-state index in [0.29, 0.717) is 18.0 Å². The van der Waals surface area contributed by atoms with Gasteiger partial charge in [-0.2, -0.15) is 0 Å². The van der Waals surface area contributed by atoms with Crippen LogP contribution < -0.4 is 10.1 Å². The van der Waals surface area contributed by atoms with Gasteiger partial charge in [0.05, 0.1) is 19.3 Å². The fraction of sp³-hybridized carbons (Fsp3) is 0.133. The van der Waals surface area contributed by atoms with Crippen molar-refractivity contribution in [3.63, 3.8) is 0 Å². The third kappa shape index (κ3) is 2.42. The third-order valence-electron chi connectivity index (χ3n) is 3.08. The molecule has 2 heterocycles. The van der Waals surface area contributed by atoms with Crippen LogP contribution in [0.2, 0.25) is 0 Å². The van der Waals surface area contributed by atoms with Crippen molar-refractivity contribution < 1.29 is 9.13 Å². The average Bonchev–Trinajstić information content (AvgIpc) is 2.88. The number of pyridine rings is 1. The number of anilines is 1. The van der Waals surface area contributed by atoms with Crippen LogP contribution in [0, 0.1) is 5.82 Å². The van der Waals surface area contributed by atoms with E-state index in [0.717, 1.165) is 16.7 Å². The van der Waals surface area contributed by atoms with Crippen LogP contribution in [0.25, 0.3) is 11.0 Å². The summed E-state index contributed by atoms with van der Waals surface area (Å²) in [5.41, 5.74) is 2.44. The predicted molar refractivity (Wildman–Crippen MR) is 76.4 cm³/mol. The number of benzene rings is 1. The minimum absolute atomic E-state index is 0.299. The lowest BCUT2D eigenvalue weighted by molar-refractivity contribution is 0.415.